The van der Waals surface area contributed by atoms with E-state index in [1.807, 2.05) is 37.3 Å². The highest BCUT2D eigenvalue weighted by atomic mass is 32.2. The van der Waals surface area contributed by atoms with Crippen molar-refractivity contribution in [1.29, 1.82) is 0 Å². The van der Waals surface area contributed by atoms with Gasteiger partial charge in [-0.2, -0.15) is 4.31 Å². The van der Waals surface area contributed by atoms with Crippen LogP contribution in [0.1, 0.15) is 22.7 Å². The molecule has 4 heteroatoms. The van der Waals surface area contributed by atoms with Crippen molar-refractivity contribution in [2.24, 2.45) is 0 Å². The molecule has 1 unspecified atom stereocenters. The van der Waals surface area contributed by atoms with Crippen molar-refractivity contribution in [3.8, 4) is 0 Å². The highest BCUT2D eigenvalue weighted by Gasteiger charge is 2.34. The number of rotatable bonds is 3. The Hall–Kier alpha value is -1.91. The molecular weight excluding hydrogens is 294 g/mol. The minimum atomic E-state index is -3.52. The predicted molar refractivity (Wildman–Crippen MR) is 88.2 cm³/mol. The molecule has 0 fully saturated rings. The average Bonchev–Trinajstić information content (AvgIpc) is 2.54. The molecule has 2 aromatic rings. The Balaban J connectivity index is 2.04. The van der Waals surface area contributed by atoms with E-state index in [2.05, 4.69) is 12.6 Å². The molecule has 0 N–H and O–H groups in total. The molecule has 1 aliphatic rings. The molecule has 1 heterocycles. The van der Waals surface area contributed by atoms with Gasteiger partial charge in [-0.1, -0.05) is 48.0 Å². The molecule has 1 atom stereocenters. The van der Waals surface area contributed by atoms with E-state index >= 15 is 0 Å². The van der Waals surface area contributed by atoms with Crippen LogP contribution >= 0.6 is 0 Å². The fourth-order valence-corrected chi connectivity index (χ4v) is 4.52. The molecule has 0 amide bonds. The van der Waals surface area contributed by atoms with Gasteiger partial charge in [0.2, 0.25) is 10.0 Å². The normalized spacial score (nSPS) is 18.7. The third-order valence-electron chi connectivity index (χ3n) is 4.14. The summed E-state index contributed by atoms with van der Waals surface area (Å²) in [6, 6.07) is 14.7. The minimum Gasteiger partial charge on any atom is -0.207 e. The summed E-state index contributed by atoms with van der Waals surface area (Å²) >= 11 is 0. The van der Waals surface area contributed by atoms with Gasteiger partial charge in [-0.25, -0.2) is 8.42 Å². The van der Waals surface area contributed by atoms with E-state index in [0.29, 0.717) is 11.4 Å². The zero-order valence-corrected chi connectivity index (χ0v) is 13.4. The average molecular weight is 313 g/mol. The molecule has 0 saturated heterocycles. The van der Waals surface area contributed by atoms with Gasteiger partial charge in [-0.05, 0) is 36.6 Å². The van der Waals surface area contributed by atoms with E-state index in [0.717, 1.165) is 17.5 Å². The van der Waals surface area contributed by atoms with Crippen LogP contribution in [0.2, 0.25) is 0 Å². The van der Waals surface area contributed by atoms with Crippen LogP contribution < -0.4 is 0 Å². The second-order valence-electron chi connectivity index (χ2n) is 5.56. The highest BCUT2D eigenvalue weighted by molar-refractivity contribution is 7.89. The SMILES string of the molecule is C=CC1c2ccccc2CCN1S(=O)(=O)c1ccc(C)cc1. The lowest BCUT2D eigenvalue weighted by Gasteiger charge is -2.34. The van der Waals surface area contributed by atoms with Gasteiger partial charge in [0.05, 0.1) is 10.9 Å². The summed E-state index contributed by atoms with van der Waals surface area (Å²) in [4.78, 5) is 0.337. The summed E-state index contributed by atoms with van der Waals surface area (Å²) in [7, 11) is -3.52. The third kappa shape index (κ3) is 2.49. The van der Waals surface area contributed by atoms with Gasteiger partial charge in [-0.15, -0.1) is 6.58 Å². The smallest absolute Gasteiger partial charge is 0.207 e. The zero-order chi connectivity index (χ0) is 15.7. The van der Waals surface area contributed by atoms with E-state index in [1.54, 1.807) is 22.5 Å². The molecule has 22 heavy (non-hydrogen) atoms. The fraction of sp³-hybridized carbons (Fsp3) is 0.222. The van der Waals surface area contributed by atoms with Crippen molar-refractivity contribution < 1.29 is 8.42 Å². The number of aryl methyl sites for hydroxylation is 1. The number of benzene rings is 2. The molecule has 2 aromatic carbocycles. The standard InChI is InChI=1S/C18H19NO2S/c1-3-18-17-7-5-4-6-15(17)12-13-19(18)22(20,21)16-10-8-14(2)9-11-16/h3-11,18H,1,12-13H2,2H3. The van der Waals surface area contributed by atoms with Gasteiger partial charge < -0.3 is 0 Å². The Morgan fingerprint density at radius 3 is 2.50 bits per heavy atom. The van der Waals surface area contributed by atoms with Crippen molar-refractivity contribution >= 4 is 10.0 Å². The topological polar surface area (TPSA) is 37.4 Å². The number of sulfonamides is 1. The van der Waals surface area contributed by atoms with E-state index in [-0.39, 0.29) is 6.04 Å². The molecule has 3 rings (SSSR count). The highest BCUT2D eigenvalue weighted by Crippen LogP contribution is 2.34. The van der Waals surface area contributed by atoms with Crippen LogP contribution in [0.3, 0.4) is 0 Å². The first-order chi connectivity index (χ1) is 10.5. The monoisotopic (exact) mass is 313 g/mol. The molecule has 3 nitrogen and oxygen atoms in total. The Kier molecular flexibility index (Phi) is 3.89. The van der Waals surface area contributed by atoms with Gasteiger partial charge in [0.1, 0.15) is 0 Å². The maximum atomic E-state index is 13.0. The molecule has 0 radical (unpaired) electrons. The lowest BCUT2D eigenvalue weighted by Crippen LogP contribution is -2.39. The van der Waals surface area contributed by atoms with Gasteiger partial charge in [0, 0.05) is 6.54 Å². The minimum absolute atomic E-state index is 0.309. The zero-order valence-electron chi connectivity index (χ0n) is 12.6. The maximum Gasteiger partial charge on any atom is 0.243 e. The molecule has 0 bridgehead atoms. The van der Waals surface area contributed by atoms with Gasteiger partial charge in [0.25, 0.3) is 0 Å². The summed E-state index contributed by atoms with van der Waals surface area (Å²) in [6.07, 6.45) is 2.44. The van der Waals surface area contributed by atoms with E-state index in [9.17, 15) is 8.42 Å². The molecule has 114 valence electrons. The lowest BCUT2D eigenvalue weighted by molar-refractivity contribution is 0.352. The van der Waals surface area contributed by atoms with Crippen molar-refractivity contribution in [2.45, 2.75) is 24.3 Å². The van der Waals surface area contributed by atoms with Gasteiger partial charge >= 0.3 is 0 Å². The summed E-state index contributed by atoms with van der Waals surface area (Å²) in [5.41, 5.74) is 3.27. The predicted octanol–water partition coefficient (Wildman–Crippen LogP) is 3.47. The van der Waals surface area contributed by atoms with Crippen LogP contribution in [0.25, 0.3) is 0 Å². The van der Waals surface area contributed by atoms with Gasteiger partial charge in [0.15, 0.2) is 0 Å². The molecule has 1 aliphatic heterocycles. The molecule has 0 saturated carbocycles. The largest absolute Gasteiger partial charge is 0.243 e. The summed E-state index contributed by atoms with van der Waals surface area (Å²) in [5.74, 6) is 0. The first-order valence-electron chi connectivity index (χ1n) is 7.33. The number of fused-ring (bicyclic) bond motifs is 1. The summed E-state index contributed by atoms with van der Waals surface area (Å²) in [6.45, 7) is 6.27. The third-order valence-corrected chi connectivity index (χ3v) is 6.03. The van der Waals surface area contributed by atoms with Crippen LogP contribution in [0.15, 0.2) is 66.1 Å². The van der Waals surface area contributed by atoms with Crippen molar-refractivity contribution in [3.05, 3.63) is 77.9 Å². The van der Waals surface area contributed by atoms with Gasteiger partial charge in [-0.3, -0.25) is 0 Å². The van der Waals surface area contributed by atoms with Crippen LogP contribution in [-0.4, -0.2) is 19.3 Å². The van der Waals surface area contributed by atoms with E-state index in [1.165, 1.54) is 5.56 Å². The lowest BCUT2D eigenvalue weighted by atomic mass is 9.94. The van der Waals surface area contributed by atoms with Crippen LogP contribution in [0.4, 0.5) is 0 Å². The number of hydrogen-bond acceptors (Lipinski definition) is 2. The Labute approximate surface area is 132 Å². The second-order valence-corrected chi connectivity index (χ2v) is 7.45. The second kappa shape index (κ2) is 5.71. The van der Waals surface area contributed by atoms with E-state index in [4.69, 9.17) is 0 Å². The quantitative estimate of drug-likeness (QED) is 0.814. The fourth-order valence-electron chi connectivity index (χ4n) is 2.94. The van der Waals surface area contributed by atoms with Crippen molar-refractivity contribution in [1.82, 2.24) is 4.31 Å². The first kappa shape index (κ1) is 15.0. The summed E-state index contributed by atoms with van der Waals surface area (Å²) in [5, 5.41) is 0. The van der Waals surface area contributed by atoms with Crippen molar-refractivity contribution in [3.63, 3.8) is 0 Å². The van der Waals surface area contributed by atoms with Crippen LogP contribution in [-0.2, 0) is 16.4 Å². The molecule has 0 aliphatic carbocycles. The first-order valence-corrected chi connectivity index (χ1v) is 8.77. The molecule has 0 aromatic heterocycles. The maximum absolute atomic E-state index is 13.0. The number of hydrogen-bond donors (Lipinski definition) is 0. The molecular formula is C18H19NO2S. The van der Waals surface area contributed by atoms with E-state index < -0.39 is 10.0 Å². The van der Waals surface area contributed by atoms with Crippen LogP contribution in [0, 0.1) is 6.92 Å². The Morgan fingerprint density at radius 1 is 1.14 bits per heavy atom. The molecule has 0 spiro atoms. The Morgan fingerprint density at radius 2 is 1.82 bits per heavy atom. The van der Waals surface area contributed by atoms with Crippen LogP contribution in [0.5, 0.6) is 0 Å². The Bertz CT molecular complexity index is 794. The summed E-state index contributed by atoms with van der Waals surface area (Å²) < 4.78 is 27.5. The van der Waals surface area contributed by atoms with Crippen molar-refractivity contribution in [2.75, 3.05) is 6.54 Å². The number of nitrogens with zero attached hydrogens (tertiary/aromatic N) is 1.